The van der Waals surface area contributed by atoms with E-state index in [1.165, 1.54) is 18.2 Å². The van der Waals surface area contributed by atoms with Crippen LogP contribution >= 0.6 is 22.6 Å². The van der Waals surface area contributed by atoms with E-state index in [2.05, 4.69) is 5.10 Å². The molecule has 0 atom stereocenters. The summed E-state index contributed by atoms with van der Waals surface area (Å²) in [7, 11) is 0. The highest BCUT2D eigenvalue weighted by atomic mass is 127. The molecule has 0 aliphatic heterocycles. The SMILES string of the molecule is N#Cc1ccccc1COc1ccc(/C=N/NC(F)(F)C(F)(F)C(F)(F)F)cc1I. The first-order valence-electron chi connectivity index (χ1n) is 7.92. The first-order chi connectivity index (χ1) is 13.9. The van der Waals surface area contributed by atoms with Crippen molar-refractivity contribution < 1.29 is 35.5 Å². The standard InChI is InChI=1S/C18H11F7IN3O/c19-16(20,17(21,22)23)18(24,25)29-28-9-11-5-6-15(14(26)7-11)30-10-13-4-2-1-3-12(13)8-27/h1-7,9,29H,10H2/b28-9+. The van der Waals surface area contributed by atoms with E-state index in [-0.39, 0.29) is 12.2 Å². The average Bonchev–Trinajstić information content (AvgIpc) is 2.66. The van der Waals surface area contributed by atoms with Crippen molar-refractivity contribution in [1.82, 2.24) is 5.43 Å². The monoisotopic (exact) mass is 545 g/mol. The number of hydrogen-bond acceptors (Lipinski definition) is 4. The van der Waals surface area contributed by atoms with Crippen LogP contribution in [-0.2, 0) is 6.61 Å². The van der Waals surface area contributed by atoms with Gasteiger partial charge in [0.05, 0.1) is 21.4 Å². The quantitative estimate of drug-likeness (QED) is 0.166. The summed E-state index contributed by atoms with van der Waals surface area (Å²) >= 11 is 1.85. The molecule has 0 saturated carbocycles. The number of nitrogens with one attached hydrogen (secondary N) is 1. The van der Waals surface area contributed by atoms with Crippen LogP contribution in [0.4, 0.5) is 30.7 Å². The van der Waals surface area contributed by atoms with Crippen molar-refractivity contribution in [2.75, 3.05) is 0 Å². The van der Waals surface area contributed by atoms with Crippen molar-refractivity contribution >= 4 is 28.8 Å². The molecular formula is C18H11F7IN3O. The van der Waals surface area contributed by atoms with Gasteiger partial charge in [0, 0.05) is 5.56 Å². The van der Waals surface area contributed by atoms with Gasteiger partial charge in [0.25, 0.3) is 0 Å². The molecule has 0 aliphatic rings. The number of ether oxygens (including phenoxy) is 1. The van der Waals surface area contributed by atoms with Gasteiger partial charge in [-0.1, -0.05) is 18.2 Å². The fraction of sp³-hybridized carbons (Fsp3) is 0.222. The molecule has 12 heteroatoms. The summed E-state index contributed by atoms with van der Waals surface area (Å²) in [4.78, 5) is 0. The van der Waals surface area contributed by atoms with Crippen LogP contribution in [0.3, 0.4) is 0 Å². The minimum Gasteiger partial charge on any atom is -0.488 e. The molecular weight excluding hydrogens is 534 g/mol. The maximum absolute atomic E-state index is 13.1. The molecule has 2 aromatic carbocycles. The molecule has 0 fully saturated rings. The topological polar surface area (TPSA) is 57.4 Å². The predicted octanol–water partition coefficient (Wildman–Crippen LogP) is 5.46. The lowest BCUT2D eigenvalue weighted by atomic mass is 10.1. The molecule has 2 rings (SSSR count). The number of halogens is 8. The Morgan fingerprint density at radius 3 is 2.33 bits per heavy atom. The summed E-state index contributed by atoms with van der Waals surface area (Å²) in [5.41, 5.74) is 1.76. The lowest BCUT2D eigenvalue weighted by Gasteiger charge is -2.27. The Labute approximate surface area is 179 Å². The van der Waals surface area contributed by atoms with E-state index in [0.717, 1.165) is 0 Å². The molecule has 4 nitrogen and oxygen atoms in total. The number of benzene rings is 2. The molecule has 1 N–H and O–H groups in total. The molecule has 0 aromatic heterocycles. The zero-order chi connectivity index (χ0) is 22.6. The van der Waals surface area contributed by atoms with Crippen LogP contribution in [0.1, 0.15) is 16.7 Å². The minimum atomic E-state index is -6.45. The largest absolute Gasteiger partial charge is 0.488 e. The lowest BCUT2D eigenvalue weighted by molar-refractivity contribution is -0.361. The summed E-state index contributed by atoms with van der Waals surface area (Å²) < 4.78 is 94.1. The molecule has 0 radical (unpaired) electrons. The second-order valence-electron chi connectivity index (χ2n) is 5.76. The number of rotatable bonds is 7. The van der Waals surface area contributed by atoms with Gasteiger partial charge in [0.2, 0.25) is 0 Å². The smallest absolute Gasteiger partial charge is 0.462 e. The first-order valence-corrected chi connectivity index (χ1v) is 9.00. The summed E-state index contributed by atoms with van der Waals surface area (Å²) in [6, 6.07) is 7.29. The number of hydrazone groups is 1. The van der Waals surface area contributed by atoms with Gasteiger partial charge in [-0.05, 0) is 52.4 Å². The van der Waals surface area contributed by atoms with E-state index in [4.69, 9.17) is 10.00 Å². The Morgan fingerprint density at radius 2 is 1.73 bits per heavy atom. The van der Waals surface area contributed by atoms with Crippen LogP contribution in [-0.4, -0.2) is 24.4 Å². The second kappa shape index (κ2) is 9.07. The third-order valence-corrected chi connectivity index (χ3v) is 4.49. The molecule has 0 saturated heterocycles. The Balaban J connectivity index is 2.06. The molecule has 2 aromatic rings. The van der Waals surface area contributed by atoms with Crippen molar-refractivity contribution in [2.45, 2.75) is 24.8 Å². The molecule has 0 unspecified atom stereocenters. The third kappa shape index (κ3) is 5.32. The zero-order valence-electron chi connectivity index (χ0n) is 14.7. The third-order valence-electron chi connectivity index (χ3n) is 3.65. The van der Waals surface area contributed by atoms with Crippen LogP contribution in [0.15, 0.2) is 47.6 Å². The normalized spacial score (nSPS) is 12.6. The van der Waals surface area contributed by atoms with E-state index in [0.29, 0.717) is 32.1 Å². The van der Waals surface area contributed by atoms with Crippen LogP contribution in [0.2, 0.25) is 0 Å². The highest BCUT2D eigenvalue weighted by molar-refractivity contribution is 14.1. The van der Waals surface area contributed by atoms with E-state index in [9.17, 15) is 30.7 Å². The Hall–Kier alpha value is -2.56. The van der Waals surface area contributed by atoms with Gasteiger partial charge in [-0.2, -0.15) is 41.1 Å². The van der Waals surface area contributed by atoms with E-state index < -0.39 is 18.1 Å². The van der Waals surface area contributed by atoms with Crippen LogP contribution < -0.4 is 10.2 Å². The number of nitriles is 1. The van der Waals surface area contributed by atoms with Crippen LogP contribution in [0.25, 0.3) is 0 Å². The summed E-state index contributed by atoms with van der Waals surface area (Å²) in [5.74, 6) is -5.93. The maximum atomic E-state index is 13.1. The van der Waals surface area contributed by atoms with Gasteiger partial charge in [0.15, 0.2) is 0 Å². The van der Waals surface area contributed by atoms with Gasteiger partial charge < -0.3 is 4.74 Å². The lowest BCUT2D eigenvalue weighted by Crippen LogP contribution is -2.58. The molecule has 0 aliphatic carbocycles. The molecule has 30 heavy (non-hydrogen) atoms. The fourth-order valence-corrected chi connectivity index (χ4v) is 2.76. The van der Waals surface area contributed by atoms with Crippen molar-refractivity contribution in [3.8, 4) is 11.8 Å². The zero-order valence-corrected chi connectivity index (χ0v) is 16.8. The molecule has 160 valence electrons. The van der Waals surface area contributed by atoms with Crippen molar-refractivity contribution in [3.63, 3.8) is 0 Å². The van der Waals surface area contributed by atoms with Gasteiger partial charge in [0.1, 0.15) is 12.4 Å². The van der Waals surface area contributed by atoms with Gasteiger partial charge in [-0.15, -0.1) is 0 Å². The van der Waals surface area contributed by atoms with Crippen molar-refractivity contribution in [1.29, 1.82) is 5.26 Å². The van der Waals surface area contributed by atoms with Crippen molar-refractivity contribution in [2.24, 2.45) is 5.10 Å². The van der Waals surface area contributed by atoms with Gasteiger partial charge >= 0.3 is 18.1 Å². The average molecular weight is 545 g/mol. The Morgan fingerprint density at radius 1 is 1.07 bits per heavy atom. The minimum absolute atomic E-state index is 0.0769. The number of hydrogen-bond donors (Lipinski definition) is 1. The van der Waals surface area contributed by atoms with Gasteiger partial charge in [-0.25, -0.2) is 5.43 Å². The molecule has 0 amide bonds. The van der Waals surface area contributed by atoms with Crippen LogP contribution in [0, 0.1) is 14.9 Å². The Kier molecular flexibility index (Phi) is 7.17. The van der Waals surface area contributed by atoms with Crippen molar-refractivity contribution in [3.05, 3.63) is 62.7 Å². The Bertz CT molecular complexity index is 971. The fourth-order valence-electron chi connectivity index (χ4n) is 2.06. The molecule has 0 spiro atoms. The number of alkyl halides is 7. The predicted molar refractivity (Wildman–Crippen MR) is 101 cm³/mol. The summed E-state index contributed by atoms with van der Waals surface area (Å²) in [6.07, 6.45) is -5.78. The van der Waals surface area contributed by atoms with E-state index in [1.807, 2.05) is 28.7 Å². The van der Waals surface area contributed by atoms with Gasteiger partial charge in [-0.3, -0.25) is 0 Å². The van der Waals surface area contributed by atoms with E-state index in [1.54, 1.807) is 24.3 Å². The second-order valence-corrected chi connectivity index (χ2v) is 6.93. The molecule has 0 heterocycles. The first kappa shape index (κ1) is 23.7. The molecule has 0 bridgehead atoms. The summed E-state index contributed by atoms with van der Waals surface area (Å²) in [5, 5.41) is 11.8. The highest BCUT2D eigenvalue weighted by Crippen LogP contribution is 2.45. The maximum Gasteiger partial charge on any atom is 0.462 e. The van der Waals surface area contributed by atoms with E-state index >= 15 is 0 Å². The number of nitrogens with zero attached hydrogens (tertiary/aromatic N) is 2. The summed E-state index contributed by atoms with van der Waals surface area (Å²) in [6.45, 7) is 0.0769. The van der Waals surface area contributed by atoms with Crippen LogP contribution in [0.5, 0.6) is 5.75 Å². The highest BCUT2D eigenvalue weighted by Gasteiger charge is 2.73.